The zero-order valence-electron chi connectivity index (χ0n) is 22.1. The number of carbonyl (C=O) groups excluding carboxylic acids is 2. The quantitative estimate of drug-likeness (QED) is 0.196. The summed E-state index contributed by atoms with van der Waals surface area (Å²) in [6, 6.07) is 13.6. The number of amides is 3. The summed E-state index contributed by atoms with van der Waals surface area (Å²) in [7, 11) is 0. The van der Waals surface area contributed by atoms with Crippen LogP contribution in [0.1, 0.15) is 37.0 Å². The maximum atomic E-state index is 12.9. The van der Waals surface area contributed by atoms with E-state index in [0.717, 1.165) is 39.0 Å². The number of para-hydroxylation sites is 1. The number of urea groups is 1. The van der Waals surface area contributed by atoms with Crippen LogP contribution in [-0.2, 0) is 6.54 Å². The number of nitrogens with one attached hydrogen (secondary N) is 3. The number of carbonyl (C=O) groups is 2. The van der Waals surface area contributed by atoms with Gasteiger partial charge in [0.15, 0.2) is 0 Å². The van der Waals surface area contributed by atoms with E-state index in [2.05, 4.69) is 44.9 Å². The molecule has 0 spiro atoms. The predicted molar refractivity (Wildman–Crippen MR) is 155 cm³/mol. The van der Waals surface area contributed by atoms with E-state index in [4.69, 9.17) is 11.6 Å². The molecule has 0 atom stereocenters. The normalized spacial score (nSPS) is 11.0. The zero-order chi connectivity index (χ0) is 27.6. The van der Waals surface area contributed by atoms with Gasteiger partial charge in [-0.2, -0.15) is 10.2 Å². The number of halogens is 1. The Morgan fingerprint density at radius 3 is 2.46 bits per heavy atom. The average Bonchev–Trinajstić information content (AvgIpc) is 3.60. The van der Waals surface area contributed by atoms with E-state index >= 15 is 0 Å². The number of aromatic nitrogens is 4. The molecule has 3 amide bonds. The highest BCUT2D eigenvalue weighted by molar-refractivity contribution is 6.33. The molecule has 0 aliphatic heterocycles. The van der Waals surface area contributed by atoms with E-state index in [1.807, 2.05) is 16.9 Å². The lowest BCUT2D eigenvalue weighted by Crippen LogP contribution is -2.24. The number of anilines is 3. The van der Waals surface area contributed by atoms with Crippen LogP contribution in [-0.4, -0.2) is 56.0 Å². The lowest BCUT2D eigenvalue weighted by atomic mass is 10.2. The molecule has 10 nitrogen and oxygen atoms in total. The summed E-state index contributed by atoms with van der Waals surface area (Å²) in [5.74, 6) is -0.248. The van der Waals surface area contributed by atoms with Crippen molar-refractivity contribution in [3.8, 4) is 5.69 Å². The number of hydrogen-bond donors (Lipinski definition) is 3. The van der Waals surface area contributed by atoms with Gasteiger partial charge in [-0.3, -0.25) is 9.48 Å². The van der Waals surface area contributed by atoms with Crippen LogP contribution in [0.15, 0.2) is 73.3 Å². The van der Waals surface area contributed by atoms with Gasteiger partial charge in [0.2, 0.25) is 0 Å². The van der Waals surface area contributed by atoms with Crippen molar-refractivity contribution >= 4 is 40.6 Å². The van der Waals surface area contributed by atoms with Crippen molar-refractivity contribution in [1.82, 2.24) is 24.5 Å². The van der Waals surface area contributed by atoms with Crippen LogP contribution in [0.4, 0.5) is 21.9 Å². The van der Waals surface area contributed by atoms with Crippen molar-refractivity contribution < 1.29 is 9.59 Å². The van der Waals surface area contributed by atoms with Crippen molar-refractivity contribution in [2.24, 2.45) is 0 Å². The maximum Gasteiger partial charge on any atom is 0.323 e. The zero-order valence-corrected chi connectivity index (χ0v) is 22.9. The van der Waals surface area contributed by atoms with Gasteiger partial charge in [-0.25, -0.2) is 9.48 Å². The topological polar surface area (TPSA) is 109 Å². The molecule has 2 heterocycles. The van der Waals surface area contributed by atoms with Crippen molar-refractivity contribution in [2.75, 3.05) is 35.6 Å². The molecule has 0 bridgehead atoms. The lowest BCUT2D eigenvalue weighted by molar-refractivity contribution is 0.102. The molecule has 2 aromatic heterocycles. The summed E-state index contributed by atoms with van der Waals surface area (Å²) in [6.45, 7) is 8.37. The van der Waals surface area contributed by atoms with Gasteiger partial charge in [0.05, 0.1) is 46.4 Å². The monoisotopic (exact) mass is 548 g/mol. The summed E-state index contributed by atoms with van der Waals surface area (Å²) in [5.41, 5.74) is 2.78. The summed E-state index contributed by atoms with van der Waals surface area (Å²) in [6.07, 6.45) is 8.81. The van der Waals surface area contributed by atoms with E-state index in [9.17, 15) is 9.59 Å². The van der Waals surface area contributed by atoms with E-state index in [-0.39, 0.29) is 5.91 Å². The molecule has 0 radical (unpaired) electrons. The first kappa shape index (κ1) is 27.9. The largest absolute Gasteiger partial charge is 0.323 e. The second-order valence-electron chi connectivity index (χ2n) is 8.96. The number of benzene rings is 2. The average molecular weight is 549 g/mol. The molecule has 204 valence electrons. The molecule has 4 rings (SSSR count). The highest BCUT2D eigenvalue weighted by Crippen LogP contribution is 2.21. The third-order valence-corrected chi connectivity index (χ3v) is 6.56. The number of unbranched alkanes of at least 4 members (excludes halogenated alkanes) is 1. The Morgan fingerprint density at radius 1 is 0.897 bits per heavy atom. The molecular formula is C28H33ClN8O2. The van der Waals surface area contributed by atoms with Gasteiger partial charge in [-0.05, 0) is 62.8 Å². The van der Waals surface area contributed by atoms with E-state index in [1.54, 1.807) is 59.5 Å². The van der Waals surface area contributed by atoms with Gasteiger partial charge < -0.3 is 20.9 Å². The van der Waals surface area contributed by atoms with Crippen LogP contribution < -0.4 is 16.0 Å². The SMILES string of the molecule is CCN(CC)CCCCn1cc(NC(=O)c2cccc(-n3cc(NC(=O)Nc4ccccc4Cl)cn3)c2)cn1. The molecule has 3 N–H and O–H groups in total. The summed E-state index contributed by atoms with van der Waals surface area (Å²) in [5, 5.41) is 17.5. The van der Waals surface area contributed by atoms with Gasteiger partial charge in [0.1, 0.15) is 0 Å². The van der Waals surface area contributed by atoms with Crippen molar-refractivity contribution in [3.05, 3.63) is 83.9 Å². The van der Waals surface area contributed by atoms with E-state index in [0.29, 0.717) is 33.3 Å². The first-order valence-corrected chi connectivity index (χ1v) is 13.4. The van der Waals surface area contributed by atoms with Gasteiger partial charge in [0, 0.05) is 18.3 Å². The number of rotatable bonds is 12. The molecule has 0 saturated heterocycles. The highest BCUT2D eigenvalue weighted by Gasteiger charge is 2.11. The third kappa shape index (κ3) is 7.92. The standard InChI is InChI=1S/C28H33ClN8O2/c1-3-35(4-2)14-7-8-15-36-19-22(17-30-36)32-27(38)21-10-9-11-24(16-21)37-20-23(18-31-37)33-28(39)34-26-13-6-5-12-25(26)29/h5-6,9-13,16-20H,3-4,7-8,14-15H2,1-2H3,(H,32,38)(H2,33,34,39). The fourth-order valence-electron chi connectivity index (χ4n) is 4.07. The van der Waals surface area contributed by atoms with Crippen molar-refractivity contribution in [1.29, 1.82) is 0 Å². The number of nitrogens with zero attached hydrogens (tertiary/aromatic N) is 5. The highest BCUT2D eigenvalue weighted by atomic mass is 35.5. The van der Waals surface area contributed by atoms with E-state index < -0.39 is 6.03 Å². The summed E-state index contributed by atoms with van der Waals surface area (Å²) >= 11 is 6.09. The molecule has 0 saturated carbocycles. The molecular weight excluding hydrogens is 516 g/mol. The first-order chi connectivity index (χ1) is 18.9. The fourth-order valence-corrected chi connectivity index (χ4v) is 4.25. The van der Waals surface area contributed by atoms with Crippen molar-refractivity contribution in [2.45, 2.75) is 33.2 Å². The maximum absolute atomic E-state index is 12.9. The second kappa shape index (κ2) is 13.6. The smallest absolute Gasteiger partial charge is 0.319 e. The van der Waals surface area contributed by atoms with Gasteiger partial charge in [-0.15, -0.1) is 0 Å². The first-order valence-electron chi connectivity index (χ1n) is 13.0. The molecule has 39 heavy (non-hydrogen) atoms. The van der Waals surface area contributed by atoms with Crippen LogP contribution in [0.2, 0.25) is 5.02 Å². The van der Waals surface area contributed by atoms with Gasteiger partial charge in [0.25, 0.3) is 5.91 Å². The van der Waals surface area contributed by atoms with Crippen LogP contribution in [0.5, 0.6) is 0 Å². The Labute approximate surface area is 233 Å². The lowest BCUT2D eigenvalue weighted by Gasteiger charge is -2.17. The Morgan fingerprint density at radius 2 is 1.67 bits per heavy atom. The minimum Gasteiger partial charge on any atom is -0.319 e. The van der Waals surface area contributed by atoms with Crippen LogP contribution >= 0.6 is 11.6 Å². The van der Waals surface area contributed by atoms with Gasteiger partial charge in [-0.1, -0.05) is 43.6 Å². The molecule has 0 aliphatic rings. The molecule has 2 aromatic carbocycles. The van der Waals surface area contributed by atoms with E-state index in [1.165, 1.54) is 6.20 Å². The number of aryl methyl sites for hydroxylation is 1. The predicted octanol–water partition coefficient (Wildman–Crippen LogP) is 5.74. The van der Waals surface area contributed by atoms with Crippen molar-refractivity contribution in [3.63, 3.8) is 0 Å². The summed E-state index contributed by atoms with van der Waals surface area (Å²) < 4.78 is 3.44. The fraction of sp³-hybridized carbons (Fsp3) is 0.286. The Hall–Kier alpha value is -4.15. The molecule has 0 unspecified atom stereocenters. The molecule has 4 aromatic rings. The summed E-state index contributed by atoms with van der Waals surface area (Å²) in [4.78, 5) is 27.7. The Bertz CT molecular complexity index is 1400. The van der Waals surface area contributed by atoms with Crippen LogP contribution in [0.3, 0.4) is 0 Å². The third-order valence-electron chi connectivity index (χ3n) is 6.23. The van der Waals surface area contributed by atoms with Crippen LogP contribution in [0, 0.1) is 0 Å². The molecule has 11 heteroatoms. The Kier molecular flexibility index (Phi) is 9.71. The second-order valence-corrected chi connectivity index (χ2v) is 9.37. The minimum absolute atomic E-state index is 0.248. The minimum atomic E-state index is -0.444. The Balaban J connectivity index is 1.31. The van der Waals surface area contributed by atoms with Gasteiger partial charge >= 0.3 is 6.03 Å². The molecule has 0 fully saturated rings. The van der Waals surface area contributed by atoms with Crippen LogP contribution in [0.25, 0.3) is 5.69 Å². The molecule has 0 aliphatic carbocycles. The number of hydrogen-bond acceptors (Lipinski definition) is 5.